The topological polar surface area (TPSA) is 72.8 Å². The van der Waals surface area contributed by atoms with Crippen LogP contribution in [0, 0.1) is 0 Å². The molecular formula is C10H16O5. The second-order valence-electron chi connectivity index (χ2n) is 4.10. The van der Waals surface area contributed by atoms with E-state index >= 15 is 0 Å². The summed E-state index contributed by atoms with van der Waals surface area (Å²) < 4.78 is 10.8. The zero-order valence-corrected chi connectivity index (χ0v) is 8.93. The number of carboxylic acid groups (broad SMARTS) is 1. The highest BCUT2D eigenvalue weighted by Gasteiger charge is 2.35. The van der Waals surface area contributed by atoms with Gasteiger partial charge in [-0.15, -0.1) is 0 Å². The van der Waals surface area contributed by atoms with Gasteiger partial charge in [0.05, 0.1) is 6.10 Å². The van der Waals surface area contributed by atoms with Crippen LogP contribution in [0.3, 0.4) is 0 Å². The van der Waals surface area contributed by atoms with Gasteiger partial charge in [-0.05, 0) is 20.3 Å². The van der Waals surface area contributed by atoms with Crippen LogP contribution in [-0.2, 0) is 19.1 Å². The van der Waals surface area contributed by atoms with Crippen LogP contribution < -0.4 is 0 Å². The number of hydrogen-bond donors (Lipinski definition) is 1. The molecule has 1 rings (SSSR count). The molecule has 1 saturated heterocycles. The van der Waals surface area contributed by atoms with Gasteiger partial charge in [-0.1, -0.05) is 0 Å². The molecule has 1 heterocycles. The highest BCUT2D eigenvalue weighted by atomic mass is 16.7. The van der Waals surface area contributed by atoms with E-state index in [2.05, 4.69) is 0 Å². The van der Waals surface area contributed by atoms with Gasteiger partial charge in [0.15, 0.2) is 5.79 Å². The van der Waals surface area contributed by atoms with E-state index in [0.29, 0.717) is 12.8 Å². The third-order valence-corrected chi connectivity index (χ3v) is 2.21. The Hall–Kier alpha value is -0.940. The molecule has 1 aliphatic heterocycles. The second kappa shape index (κ2) is 4.72. The molecule has 0 aromatic heterocycles. The van der Waals surface area contributed by atoms with E-state index in [-0.39, 0.29) is 12.5 Å². The van der Waals surface area contributed by atoms with Gasteiger partial charge in [-0.3, -0.25) is 4.79 Å². The number of carboxylic acids is 1. The molecular weight excluding hydrogens is 200 g/mol. The first-order chi connectivity index (χ1) is 6.93. The fourth-order valence-corrected chi connectivity index (χ4v) is 1.69. The van der Waals surface area contributed by atoms with E-state index in [9.17, 15) is 9.59 Å². The predicted molar refractivity (Wildman–Crippen MR) is 51.4 cm³/mol. The lowest BCUT2D eigenvalue weighted by Gasteiger charge is -2.38. The summed E-state index contributed by atoms with van der Waals surface area (Å²) in [6.07, 6.45) is 0.907. The minimum atomic E-state index is -0.856. The number of rotatable bonds is 4. The summed E-state index contributed by atoms with van der Waals surface area (Å²) in [5.41, 5.74) is 0. The smallest absolute Gasteiger partial charge is 0.303 e. The van der Waals surface area contributed by atoms with Crippen molar-refractivity contribution >= 4 is 12.3 Å². The number of ether oxygens (including phenoxy) is 2. The van der Waals surface area contributed by atoms with Crippen molar-refractivity contribution in [1.82, 2.24) is 0 Å². The Bertz CT molecular complexity index is 248. The first kappa shape index (κ1) is 12.1. The summed E-state index contributed by atoms with van der Waals surface area (Å²) in [5.74, 6) is -1.67. The molecule has 0 aromatic carbocycles. The third kappa shape index (κ3) is 3.97. The van der Waals surface area contributed by atoms with E-state index < -0.39 is 17.9 Å². The minimum Gasteiger partial charge on any atom is -0.481 e. The van der Waals surface area contributed by atoms with Gasteiger partial charge >= 0.3 is 5.97 Å². The number of aldehydes is 1. The maximum Gasteiger partial charge on any atom is 0.303 e. The summed E-state index contributed by atoms with van der Waals surface area (Å²) in [4.78, 5) is 21.0. The van der Waals surface area contributed by atoms with Crippen molar-refractivity contribution in [2.45, 2.75) is 51.1 Å². The molecule has 0 saturated carbocycles. The molecule has 0 radical (unpaired) electrons. The lowest BCUT2D eigenvalue weighted by molar-refractivity contribution is -0.291. The average molecular weight is 216 g/mol. The van der Waals surface area contributed by atoms with Gasteiger partial charge in [0.1, 0.15) is 12.4 Å². The van der Waals surface area contributed by atoms with Crippen LogP contribution in [0.25, 0.3) is 0 Å². The molecule has 2 atom stereocenters. The van der Waals surface area contributed by atoms with Crippen LogP contribution in [0.2, 0.25) is 0 Å². The summed E-state index contributed by atoms with van der Waals surface area (Å²) in [6, 6.07) is 0. The van der Waals surface area contributed by atoms with Crippen LogP contribution >= 0.6 is 0 Å². The number of carbonyl (C=O) groups excluding carboxylic acids is 1. The monoisotopic (exact) mass is 216 g/mol. The van der Waals surface area contributed by atoms with E-state index in [1.54, 1.807) is 13.8 Å². The molecule has 5 nitrogen and oxygen atoms in total. The van der Waals surface area contributed by atoms with Crippen molar-refractivity contribution in [3.8, 4) is 0 Å². The third-order valence-electron chi connectivity index (χ3n) is 2.21. The zero-order valence-electron chi connectivity index (χ0n) is 8.93. The van der Waals surface area contributed by atoms with E-state index in [1.807, 2.05) is 0 Å². The standard InChI is InChI=1S/C10H16O5/c1-10(2)14-7(3-4-9(12)13)5-8(6-11)15-10/h6-8H,3-5H2,1-2H3,(H,12,13)/t7-,8+/m1/s1. The van der Waals surface area contributed by atoms with E-state index in [4.69, 9.17) is 14.6 Å². The van der Waals surface area contributed by atoms with Gasteiger partial charge < -0.3 is 19.4 Å². The Balaban J connectivity index is 2.50. The van der Waals surface area contributed by atoms with Crippen LogP contribution in [-0.4, -0.2) is 35.4 Å². The van der Waals surface area contributed by atoms with Crippen molar-refractivity contribution in [3.63, 3.8) is 0 Å². The molecule has 1 N–H and O–H groups in total. The molecule has 1 fully saturated rings. The highest BCUT2D eigenvalue weighted by molar-refractivity contribution is 5.66. The van der Waals surface area contributed by atoms with Crippen molar-refractivity contribution < 1.29 is 24.2 Å². The Morgan fingerprint density at radius 1 is 1.53 bits per heavy atom. The van der Waals surface area contributed by atoms with Crippen LogP contribution in [0.1, 0.15) is 33.1 Å². The number of aliphatic carboxylic acids is 1. The maximum absolute atomic E-state index is 10.6. The molecule has 0 unspecified atom stereocenters. The maximum atomic E-state index is 10.6. The van der Waals surface area contributed by atoms with Gasteiger partial charge in [0.25, 0.3) is 0 Å². The van der Waals surface area contributed by atoms with Crippen molar-refractivity contribution in [2.75, 3.05) is 0 Å². The van der Waals surface area contributed by atoms with Crippen molar-refractivity contribution in [2.24, 2.45) is 0 Å². The summed E-state index contributed by atoms with van der Waals surface area (Å²) in [7, 11) is 0. The predicted octanol–water partition coefficient (Wildman–Crippen LogP) is 0.960. The van der Waals surface area contributed by atoms with Gasteiger partial charge in [0.2, 0.25) is 0 Å². The minimum absolute atomic E-state index is 0.0479. The molecule has 1 aliphatic rings. The van der Waals surface area contributed by atoms with Crippen LogP contribution in [0.5, 0.6) is 0 Å². The van der Waals surface area contributed by atoms with Gasteiger partial charge in [0, 0.05) is 12.8 Å². The Kier molecular flexibility index (Phi) is 3.82. The zero-order chi connectivity index (χ0) is 11.5. The fraction of sp³-hybridized carbons (Fsp3) is 0.800. The molecule has 0 amide bonds. The van der Waals surface area contributed by atoms with E-state index in [0.717, 1.165) is 6.29 Å². The molecule has 0 spiro atoms. The fourth-order valence-electron chi connectivity index (χ4n) is 1.69. The highest BCUT2D eigenvalue weighted by Crippen LogP contribution is 2.27. The summed E-state index contributed by atoms with van der Waals surface area (Å²) in [5, 5.41) is 8.54. The Labute approximate surface area is 88.4 Å². The van der Waals surface area contributed by atoms with Gasteiger partial charge in [-0.2, -0.15) is 0 Å². The molecule has 15 heavy (non-hydrogen) atoms. The Morgan fingerprint density at radius 3 is 2.73 bits per heavy atom. The molecule has 86 valence electrons. The molecule has 0 aromatic rings. The van der Waals surface area contributed by atoms with Crippen molar-refractivity contribution in [3.05, 3.63) is 0 Å². The largest absolute Gasteiger partial charge is 0.481 e. The lowest BCUT2D eigenvalue weighted by atomic mass is 10.0. The SMILES string of the molecule is CC1(C)O[C@H](CCC(=O)O)C[C@@H](C=O)O1. The normalized spacial score (nSPS) is 29.7. The lowest BCUT2D eigenvalue weighted by Crippen LogP contribution is -2.45. The first-order valence-electron chi connectivity index (χ1n) is 4.95. The average Bonchev–Trinajstić information content (AvgIpc) is 2.12. The summed E-state index contributed by atoms with van der Waals surface area (Å²) >= 11 is 0. The molecule has 0 aliphatic carbocycles. The van der Waals surface area contributed by atoms with E-state index in [1.165, 1.54) is 0 Å². The number of carbonyl (C=O) groups is 2. The Morgan fingerprint density at radius 2 is 2.20 bits per heavy atom. The second-order valence-corrected chi connectivity index (χ2v) is 4.10. The number of hydrogen-bond acceptors (Lipinski definition) is 4. The molecule has 0 bridgehead atoms. The van der Waals surface area contributed by atoms with Crippen LogP contribution in [0.4, 0.5) is 0 Å². The van der Waals surface area contributed by atoms with Crippen LogP contribution in [0.15, 0.2) is 0 Å². The van der Waals surface area contributed by atoms with Gasteiger partial charge in [-0.25, -0.2) is 0 Å². The molecule has 5 heteroatoms. The summed E-state index contributed by atoms with van der Waals surface area (Å²) in [6.45, 7) is 3.44. The van der Waals surface area contributed by atoms with Crippen molar-refractivity contribution in [1.29, 1.82) is 0 Å². The quantitative estimate of drug-likeness (QED) is 0.708. The first-order valence-corrected chi connectivity index (χ1v) is 4.95.